The number of rotatable bonds is 6. The number of carbonyl (C=O) groups is 2. The third-order valence-corrected chi connectivity index (χ3v) is 4.83. The highest BCUT2D eigenvalue weighted by atomic mass is 16.5. The highest BCUT2D eigenvalue weighted by molar-refractivity contribution is 5.94. The molecule has 0 heterocycles. The fourth-order valence-corrected chi connectivity index (χ4v) is 3.02. The molecule has 5 heteroatoms. The van der Waals surface area contributed by atoms with Crippen molar-refractivity contribution in [2.75, 3.05) is 13.6 Å². The van der Waals surface area contributed by atoms with Crippen molar-refractivity contribution in [3.8, 4) is 16.9 Å². The number of hydrogen-bond acceptors (Lipinski definition) is 3. The molecule has 0 fully saturated rings. The third kappa shape index (κ3) is 4.14. The smallest absolute Gasteiger partial charge is 0.263 e. The van der Waals surface area contributed by atoms with Crippen LogP contribution in [0.3, 0.4) is 0 Å². The first-order valence-electron chi connectivity index (χ1n) is 9.24. The van der Waals surface area contributed by atoms with Crippen LogP contribution < -0.4 is 10.5 Å². The van der Waals surface area contributed by atoms with E-state index in [1.807, 2.05) is 49.4 Å². The van der Waals surface area contributed by atoms with Crippen LogP contribution in [0.4, 0.5) is 0 Å². The standard InChI is InChI=1S/C23H24N2O3/c1-4-25(3)23(27)15(2)28-21-12-11-19-13-18(9-10-20(19)14-21)16-5-7-17(8-6-16)22(24)26/h5-15H,4H2,1-3H3,(H2,24,26). The van der Waals surface area contributed by atoms with E-state index in [9.17, 15) is 9.59 Å². The molecular weight excluding hydrogens is 352 g/mol. The number of fused-ring (bicyclic) bond motifs is 1. The van der Waals surface area contributed by atoms with Crippen LogP contribution in [-0.2, 0) is 4.79 Å². The average molecular weight is 376 g/mol. The number of nitrogens with two attached hydrogens (primary N) is 1. The van der Waals surface area contributed by atoms with Crippen molar-refractivity contribution in [1.82, 2.24) is 4.90 Å². The summed E-state index contributed by atoms with van der Waals surface area (Å²) in [6, 6.07) is 19.1. The van der Waals surface area contributed by atoms with Gasteiger partial charge in [0.05, 0.1) is 0 Å². The number of benzene rings is 3. The summed E-state index contributed by atoms with van der Waals surface area (Å²) in [4.78, 5) is 25.0. The summed E-state index contributed by atoms with van der Waals surface area (Å²) in [7, 11) is 1.76. The normalized spacial score (nSPS) is 11.8. The van der Waals surface area contributed by atoms with Gasteiger partial charge >= 0.3 is 0 Å². The topological polar surface area (TPSA) is 72.6 Å². The van der Waals surface area contributed by atoms with Gasteiger partial charge in [-0.2, -0.15) is 0 Å². The van der Waals surface area contributed by atoms with Crippen LogP contribution in [0.2, 0.25) is 0 Å². The number of hydrogen-bond donors (Lipinski definition) is 1. The SMILES string of the molecule is CCN(C)C(=O)C(C)Oc1ccc2cc(-c3ccc(C(N)=O)cc3)ccc2c1. The molecule has 3 rings (SSSR count). The Bertz CT molecular complexity index is 1010. The first kappa shape index (κ1) is 19.4. The van der Waals surface area contributed by atoms with Crippen molar-refractivity contribution >= 4 is 22.6 Å². The molecule has 0 aliphatic rings. The maximum Gasteiger partial charge on any atom is 0.263 e. The molecule has 1 atom stereocenters. The molecule has 0 saturated heterocycles. The number of likely N-dealkylation sites (N-methyl/N-ethyl adjacent to an activating group) is 1. The molecule has 5 nitrogen and oxygen atoms in total. The molecule has 28 heavy (non-hydrogen) atoms. The first-order valence-corrected chi connectivity index (χ1v) is 9.24. The summed E-state index contributed by atoms with van der Waals surface area (Å²) < 4.78 is 5.82. The van der Waals surface area contributed by atoms with Crippen LogP contribution in [0.25, 0.3) is 21.9 Å². The number of nitrogens with zero attached hydrogens (tertiary/aromatic N) is 1. The Hall–Kier alpha value is -3.34. The lowest BCUT2D eigenvalue weighted by molar-refractivity contribution is -0.136. The van der Waals surface area contributed by atoms with Gasteiger partial charge in [0.2, 0.25) is 5.91 Å². The predicted molar refractivity (Wildman–Crippen MR) is 111 cm³/mol. The van der Waals surface area contributed by atoms with Crippen molar-refractivity contribution in [3.63, 3.8) is 0 Å². The zero-order valence-electron chi connectivity index (χ0n) is 16.3. The third-order valence-electron chi connectivity index (χ3n) is 4.83. The van der Waals surface area contributed by atoms with Crippen molar-refractivity contribution in [3.05, 3.63) is 66.2 Å². The molecule has 0 radical (unpaired) electrons. The van der Waals surface area contributed by atoms with Crippen molar-refractivity contribution < 1.29 is 14.3 Å². The zero-order valence-corrected chi connectivity index (χ0v) is 16.3. The van der Waals surface area contributed by atoms with E-state index in [-0.39, 0.29) is 5.91 Å². The lowest BCUT2D eigenvalue weighted by atomic mass is 10.00. The molecule has 0 bridgehead atoms. The maximum atomic E-state index is 12.2. The molecule has 0 aromatic heterocycles. The van der Waals surface area contributed by atoms with Gasteiger partial charge in [0.15, 0.2) is 6.10 Å². The van der Waals surface area contributed by atoms with Gasteiger partial charge in [-0.3, -0.25) is 9.59 Å². The van der Waals surface area contributed by atoms with E-state index in [2.05, 4.69) is 6.07 Å². The second-order valence-electron chi connectivity index (χ2n) is 6.78. The molecule has 3 aromatic rings. The molecule has 0 aliphatic heterocycles. The molecule has 0 spiro atoms. The molecule has 3 aromatic carbocycles. The quantitative estimate of drug-likeness (QED) is 0.710. The number of ether oxygens (including phenoxy) is 1. The molecule has 0 saturated carbocycles. The average Bonchev–Trinajstić information content (AvgIpc) is 2.72. The second kappa shape index (κ2) is 8.13. The van der Waals surface area contributed by atoms with E-state index in [1.165, 1.54) is 0 Å². The van der Waals surface area contributed by atoms with Gasteiger partial charge in [0.1, 0.15) is 5.75 Å². The Morgan fingerprint density at radius 1 is 0.964 bits per heavy atom. The summed E-state index contributed by atoms with van der Waals surface area (Å²) in [6.07, 6.45) is -0.537. The first-order chi connectivity index (χ1) is 13.4. The predicted octanol–water partition coefficient (Wildman–Crippen LogP) is 3.85. The Kier molecular flexibility index (Phi) is 5.64. The van der Waals surface area contributed by atoms with E-state index in [0.717, 1.165) is 21.9 Å². The van der Waals surface area contributed by atoms with Crippen molar-refractivity contribution in [1.29, 1.82) is 0 Å². The summed E-state index contributed by atoms with van der Waals surface area (Å²) in [5.74, 6) is 0.184. The lowest BCUT2D eigenvalue weighted by Gasteiger charge is -2.20. The number of carbonyl (C=O) groups excluding carboxylic acids is 2. The van der Waals surface area contributed by atoms with E-state index in [4.69, 9.17) is 10.5 Å². The summed E-state index contributed by atoms with van der Waals surface area (Å²) in [6.45, 7) is 4.34. The van der Waals surface area contributed by atoms with Gasteiger partial charge in [-0.15, -0.1) is 0 Å². The Morgan fingerprint density at radius 2 is 1.57 bits per heavy atom. The van der Waals surface area contributed by atoms with E-state index >= 15 is 0 Å². The largest absolute Gasteiger partial charge is 0.481 e. The minimum Gasteiger partial charge on any atom is -0.481 e. The van der Waals surface area contributed by atoms with Crippen LogP contribution in [-0.4, -0.2) is 36.4 Å². The van der Waals surface area contributed by atoms with Crippen LogP contribution in [0.5, 0.6) is 5.75 Å². The molecular formula is C23H24N2O3. The zero-order chi connectivity index (χ0) is 20.3. The summed E-state index contributed by atoms with van der Waals surface area (Å²) >= 11 is 0. The van der Waals surface area contributed by atoms with Crippen molar-refractivity contribution in [2.24, 2.45) is 5.73 Å². The van der Waals surface area contributed by atoms with Gasteiger partial charge in [0.25, 0.3) is 5.91 Å². The molecule has 2 amide bonds. The van der Waals surface area contributed by atoms with E-state index in [1.54, 1.807) is 31.0 Å². The summed E-state index contributed by atoms with van der Waals surface area (Å²) in [5, 5.41) is 2.09. The Balaban J connectivity index is 1.82. The van der Waals surface area contributed by atoms with Gasteiger partial charge in [-0.1, -0.05) is 30.3 Å². The second-order valence-corrected chi connectivity index (χ2v) is 6.78. The fraction of sp³-hybridized carbons (Fsp3) is 0.217. The lowest BCUT2D eigenvalue weighted by Crippen LogP contribution is -2.37. The maximum absolute atomic E-state index is 12.2. The fourth-order valence-electron chi connectivity index (χ4n) is 3.02. The molecule has 2 N–H and O–H groups in total. The Morgan fingerprint density at radius 3 is 2.21 bits per heavy atom. The van der Waals surface area contributed by atoms with Crippen LogP contribution in [0, 0.1) is 0 Å². The van der Waals surface area contributed by atoms with Gasteiger partial charge in [-0.25, -0.2) is 0 Å². The summed E-state index contributed by atoms with van der Waals surface area (Å²) in [5.41, 5.74) is 7.84. The van der Waals surface area contributed by atoms with Gasteiger partial charge in [0, 0.05) is 19.2 Å². The molecule has 0 aliphatic carbocycles. The van der Waals surface area contributed by atoms with Gasteiger partial charge in [-0.05, 0) is 66.1 Å². The monoisotopic (exact) mass is 376 g/mol. The Labute approximate surface area is 164 Å². The number of amides is 2. The van der Waals surface area contributed by atoms with Crippen LogP contribution in [0.15, 0.2) is 60.7 Å². The highest BCUT2D eigenvalue weighted by Crippen LogP contribution is 2.27. The highest BCUT2D eigenvalue weighted by Gasteiger charge is 2.18. The van der Waals surface area contributed by atoms with Crippen molar-refractivity contribution in [2.45, 2.75) is 20.0 Å². The molecule has 144 valence electrons. The minimum absolute atomic E-state index is 0.0441. The van der Waals surface area contributed by atoms with Crippen LogP contribution in [0.1, 0.15) is 24.2 Å². The number of primary amides is 1. The minimum atomic E-state index is -0.537. The van der Waals surface area contributed by atoms with E-state index in [0.29, 0.717) is 17.9 Å². The molecule has 1 unspecified atom stereocenters. The van der Waals surface area contributed by atoms with E-state index < -0.39 is 12.0 Å². The van der Waals surface area contributed by atoms with Gasteiger partial charge < -0.3 is 15.4 Å². The van der Waals surface area contributed by atoms with Crippen LogP contribution >= 0.6 is 0 Å².